The molecule has 0 unspecified atom stereocenters. The normalized spacial score (nSPS) is 24.9. The number of hydrogen-bond acceptors (Lipinski definition) is 2. The molecule has 0 amide bonds. The lowest BCUT2D eigenvalue weighted by Gasteiger charge is -2.37. The number of rotatable bonds is 6. The lowest BCUT2D eigenvalue weighted by molar-refractivity contribution is 0.0653. The van der Waals surface area contributed by atoms with E-state index in [1.165, 1.54) is 51.5 Å². The Morgan fingerprint density at radius 2 is 1.88 bits per heavy atom. The van der Waals surface area contributed by atoms with E-state index in [1.807, 2.05) is 0 Å². The first kappa shape index (κ1) is 12.4. The third-order valence-corrected chi connectivity index (χ3v) is 4.75. The van der Waals surface area contributed by atoms with Gasteiger partial charge in [0.05, 0.1) is 0 Å². The van der Waals surface area contributed by atoms with E-state index < -0.39 is 0 Å². The first-order valence-corrected chi connectivity index (χ1v) is 7.11. The topological polar surface area (TPSA) is 23.5 Å². The van der Waals surface area contributed by atoms with Crippen LogP contribution in [0.15, 0.2) is 0 Å². The Balaban J connectivity index is 1.83. The van der Waals surface area contributed by atoms with Gasteiger partial charge in [-0.25, -0.2) is 0 Å². The molecule has 2 nitrogen and oxygen atoms in total. The van der Waals surface area contributed by atoms with Crippen LogP contribution >= 0.6 is 0 Å². The van der Waals surface area contributed by atoms with Gasteiger partial charge in [-0.3, -0.25) is 0 Å². The molecule has 0 aliphatic heterocycles. The Morgan fingerprint density at radius 1 is 1.19 bits per heavy atom. The van der Waals surface area contributed by atoms with Crippen LogP contribution in [0.3, 0.4) is 0 Å². The van der Waals surface area contributed by atoms with E-state index in [-0.39, 0.29) is 5.41 Å². The molecule has 0 aromatic heterocycles. The molecule has 2 saturated carbocycles. The van der Waals surface area contributed by atoms with Crippen molar-refractivity contribution >= 4 is 0 Å². The lowest BCUT2D eigenvalue weighted by atomic mass is 9.83. The van der Waals surface area contributed by atoms with E-state index in [0.29, 0.717) is 6.61 Å². The predicted molar refractivity (Wildman–Crippen MR) is 67.4 cm³/mol. The Labute approximate surface area is 100 Å². The smallest absolute Gasteiger partial charge is 0.0499 e. The third-order valence-electron chi connectivity index (χ3n) is 4.75. The van der Waals surface area contributed by atoms with Crippen LogP contribution in [-0.2, 0) is 0 Å². The largest absolute Gasteiger partial charge is 0.396 e. The molecule has 2 rings (SSSR count). The maximum absolute atomic E-state index is 9.64. The van der Waals surface area contributed by atoms with Crippen LogP contribution in [0.25, 0.3) is 0 Å². The van der Waals surface area contributed by atoms with Gasteiger partial charge in [0.25, 0.3) is 0 Å². The van der Waals surface area contributed by atoms with Crippen molar-refractivity contribution in [1.29, 1.82) is 0 Å². The van der Waals surface area contributed by atoms with Crippen LogP contribution in [0.5, 0.6) is 0 Å². The van der Waals surface area contributed by atoms with Gasteiger partial charge in [-0.05, 0) is 38.1 Å². The van der Waals surface area contributed by atoms with Crippen molar-refractivity contribution in [3.05, 3.63) is 0 Å². The molecule has 1 N–H and O–H groups in total. The Morgan fingerprint density at radius 3 is 2.31 bits per heavy atom. The van der Waals surface area contributed by atoms with Gasteiger partial charge < -0.3 is 10.0 Å². The summed E-state index contributed by atoms with van der Waals surface area (Å²) in [5.41, 5.74) is 0.250. The lowest BCUT2D eigenvalue weighted by Crippen LogP contribution is -2.41. The zero-order chi connectivity index (χ0) is 11.4. The van der Waals surface area contributed by atoms with Crippen molar-refractivity contribution < 1.29 is 5.11 Å². The highest BCUT2D eigenvalue weighted by molar-refractivity contribution is 4.87. The maximum Gasteiger partial charge on any atom is 0.0499 e. The molecule has 0 bridgehead atoms. The molecule has 0 radical (unpaired) electrons. The minimum atomic E-state index is 0.250. The molecular weight excluding hydrogens is 198 g/mol. The van der Waals surface area contributed by atoms with Crippen LogP contribution in [-0.4, -0.2) is 36.2 Å². The van der Waals surface area contributed by atoms with Gasteiger partial charge in [0.2, 0.25) is 0 Å². The van der Waals surface area contributed by atoms with E-state index in [0.717, 1.165) is 19.0 Å². The van der Waals surface area contributed by atoms with Crippen LogP contribution in [0.2, 0.25) is 0 Å². The zero-order valence-corrected chi connectivity index (χ0v) is 10.7. The van der Waals surface area contributed by atoms with Crippen molar-refractivity contribution in [3.8, 4) is 0 Å². The fourth-order valence-electron chi connectivity index (χ4n) is 3.31. The molecule has 16 heavy (non-hydrogen) atoms. The number of aliphatic hydroxyl groups is 1. The van der Waals surface area contributed by atoms with Crippen molar-refractivity contribution in [3.63, 3.8) is 0 Å². The summed E-state index contributed by atoms with van der Waals surface area (Å²) in [6.07, 6.45) is 9.43. The monoisotopic (exact) mass is 225 g/mol. The maximum atomic E-state index is 9.64. The molecule has 0 aromatic rings. The van der Waals surface area contributed by atoms with Crippen molar-refractivity contribution in [2.45, 2.75) is 51.9 Å². The van der Waals surface area contributed by atoms with Crippen molar-refractivity contribution in [2.75, 3.05) is 26.2 Å². The summed E-state index contributed by atoms with van der Waals surface area (Å²) in [4.78, 5) is 2.59. The highest BCUT2D eigenvalue weighted by atomic mass is 16.3. The first-order valence-electron chi connectivity index (χ1n) is 7.11. The molecule has 2 aliphatic rings. The standard InChI is InChI=1S/C14H27NO/c1-2-15(10-13-6-5-7-13)11-14(12-16)8-3-4-9-14/h13,16H,2-12H2,1H3. The van der Waals surface area contributed by atoms with Gasteiger partial charge >= 0.3 is 0 Å². The van der Waals surface area contributed by atoms with E-state index in [2.05, 4.69) is 11.8 Å². The van der Waals surface area contributed by atoms with E-state index >= 15 is 0 Å². The summed E-state index contributed by atoms with van der Waals surface area (Å²) in [5, 5.41) is 9.64. The fourth-order valence-corrected chi connectivity index (χ4v) is 3.31. The van der Waals surface area contributed by atoms with Crippen molar-refractivity contribution in [2.24, 2.45) is 11.3 Å². The Bertz CT molecular complexity index is 207. The van der Waals surface area contributed by atoms with Gasteiger partial charge in [-0.2, -0.15) is 0 Å². The summed E-state index contributed by atoms with van der Waals surface area (Å²) in [6.45, 7) is 6.22. The zero-order valence-electron chi connectivity index (χ0n) is 10.7. The summed E-state index contributed by atoms with van der Waals surface area (Å²) in [6, 6.07) is 0. The van der Waals surface area contributed by atoms with Crippen molar-refractivity contribution in [1.82, 2.24) is 4.90 Å². The van der Waals surface area contributed by atoms with Crippen LogP contribution in [0.1, 0.15) is 51.9 Å². The molecule has 0 atom stereocenters. The van der Waals surface area contributed by atoms with Gasteiger partial charge in [0, 0.05) is 25.1 Å². The van der Waals surface area contributed by atoms with Gasteiger partial charge in [0.15, 0.2) is 0 Å². The van der Waals surface area contributed by atoms with Gasteiger partial charge in [0.1, 0.15) is 0 Å². The average Bonchev–Trinajstić information content (AvgIpc) is 2.71. The summed E-state index contributed by atoms with van der Waals surface area (Å²) < 4.78 is 0. The Hall–Kier alpha value is -0.0800. The molecule has 0 aromatic carbocycles. The molecule has 0 heterocycles. The second kappa shape index (κ2) is 5.50. The summed E-state index contributed by atoms with van der Waals surface area (Å²) in [7, 11) is 0. The van der Waals surface area contributed by atoms with Crippen LogP contribution in [0, 0.1) is 11.3 Å². The fraction of sp³-hybridized carbons (Fsp3) is 1.00. The predicted octanol–water partition coefficient (Wildman–Crippen LogP) is 2.66. The molecule has 0 saturated heterocycles. The second-order valence-electron chi connectivity index (χ2n) is 5.99. The first-order chi connectivity index (χ1) is 7.78. The minimum Gasteiger partial charge on any atom is -0.396 e. The quantitative estimate of drug-likeness (QED) is 0.751. The molecule has 94 valence electrons. The van der Waals surface area contributed by atoms with E-state index in [1.54, 1.807) is 0 Å². The van der Waals surface area contributed by atoms with E-state index in [4.69, 9.17) is 0 Å². The summed E-state index contributed by atoms with van der Waals surface area (Å²) in [5.74, 6) is 0.956. The highest BCUT2D eigenvalue weighted by Gasteiger charge is 2.35. The van der Waals surface area contributed by atoms with E-state index in [9.17, 15) is 5.11 Å². The van der Waals surface area contributed by atoms with Gasteiger partial charge in [-0.15, -0.1) is 0 Å². The third kappa shape index (κ3) is 2.78. The Kier molecular flexibility index (Phi) is 4.26. The summed E-state index contributed by atoms with van der Waals surface area (Å²) >= 11 is 0. The molecular formula is C14H27NO. The average molecular weight is 225 g/mol. The van der Waals surface area contributed by atoms with Crippen LogP contribution < -0.4 is 0 Å². The second-order valence-corrected chi connectivity index (χ2v) is 5.99. The van der Waals surface area contributed by atoms with Gasteiger partial charge in [-0.1, -0.05) is 26.2 Å². The minimum absolute atomic E-state index is 0.250. The highest BCUT2D eigenvalue weighted by Crippen LogP contribution is 2.39. The molecule has 2 aliphatic carbocycles. The van der Waals surface area contributed by atoms with Crippen LogP contribution in [0.4, 0.5) is 0 Å². The SMILES string of the molecule is CCN(CC1CCC1)CC1(CO)CCCC1. The molecule has 2 fully saturated rings. The number of hydrogen-bond donors (Lipinski definition) is 1. The number of nitrogens with zero attached hydrogens (tertiary/aromatic N) is 1. The molecule has 2 heteroatoms. The number of aliphatic hydroxyl groups excluding tert-OH is 1. The molecule has 0 spiro atoms.